The van der Waals surface area contributed by atoms with Crippen molar-refractivity contribution in [1.82, 2.24) is 0 Å². The molecule has 1 rings (SSSR count). The zero-order valence-electron chi connectivity index (χ0n) is 6.84. The summed E-state index contributed by atoms with van der Waals surface area (Å²) in [7, 11) is -1.44. The Bertz CT molecular complexity index is 311. The fourth-order valence-electron chi connectivity index (χ4n) is 1.04. The number of rotatable bonds is 3. The van der Waals surface area contributed by atoms with Crippen LogP contribution in [0.3, 0.4) is 0 Å². The van der Waals surface area contributed by atoms with E-state index in [0.29, 0.717) is 5.56 Å². The number of carbonyl (C=O) groups is 1. The molecular weight excluding hydrogens is 171 g/mol. The van der Waals surface area contributed by atoms with Crippen LogP contribution in [-0.4, -0.2) is 28.2 Å². The molecule has 0 heterocycles. The summed E-state index contributed by atoms with van der Waals surface area (Å²) in [6, 6.07) is 6.09. The van der Waals surface area contributed by atoms with Gasteiger partial charge in [-0.25, -0.2) is 4.79 Å². The maximum absolute atomic E-state index is 10.5. The molecule has 68 valence electrons. The van der Waals surface area contributed by atoms with Crippen LogP contribution in [0.1, 0.15) is 15.9 Å². The van der Waals surface area contributed by atoms with Crippen molar-refractivity contribution in [1.29, 1.82) is 0 Å². The second kappa shape index (κ2) is 4.07. The van der Waals surface area contributed by atoms with Crippen molar-refractivity contribution in [3.05, 3.63) is 35.4 Å². The molecular formula is C8H9BO4. The quantitative estimate of drug-likeness (QED) is 0.569. The number of carboxylic acids is 1. The summed E-state index contributed by atoms with van der Waals surface area (Å²) >= 11 is 0. The molecule has 0 saturated heterocycles. The van der Waals surface area contributed by atoms with Crippen molar-refractivity contribution >= 4 is 13.1 Å². The Morgan fingerprint density at radius 2 is 2.08 bits per heavy atom. The predicted octanol–water partition coefficient (Wildman–Crippen LogP) is -0.0607. The van der Waals surface area contributed by atoms with Crippen molar-refractivity contribution in [2.45, 2.75) is 6.32 Å². The van der Waals surface area contributed by atoms with Crippen LogP contribution in [0, 0.1) is 0 Å². The van der Waals surface area contributed by atoms with Crippen LogP contribution < -0.4 is 0 Å². The summed E-state index contributed by atoms with van der Waals surface area (Å²) in [6.07, 6.45) is 0.0428. The Kier molecular flexibility index (Phi) is 3.05. The summed E-state index contributed by atoms with van der Waals surface area (Å²) in [5.74, 6) is -1.02. The van der Waals surface area contributed by atoms with Crippen LogP contribution in [0.15, 0.2) is 24.3 Å². The Morgan fingerprint density at radius 1 is 1.38 bits per heavy atom. The van der Waals surface area contributed by atoms with E-state index in [4.69, 9.17) is 15.2 Å². The molecule has 3 N–H and O–H groups in total. The lowest BCUT2D eigenvalue weighted by Gasteiger charge is -2.00. The van der Waals surface area contributed by atoms with Gasteiger partial charge in [0, 0.05) is 6.32 Å². The van der Waals surface area contributed by atoms with Crippen molar-refractivity contribution in [2.24, 2.45) is 0 Å². The van der Waals surface area contributed by atoms with Gasteiger partial charge in [-0.3, -0.25) is 0 Å². The molecule has 0 aliphatic rings. The first kappa shape index (κ1) is 9.76. The van der Waals surface area contributed by atoms with Crippen LogP contribution in [-0.2, 0) is 6.32 Å². The van der Waals surface area contributed by atoms with E-state index < -0.39 is 13.1 Å². The van der Waals surface area contributed by atoms with E-state index in [1.54, 1.807) is 12.1 Å². The molecule has 0 fully saturated rings. The van der Waals surface area contributed by atoms with E-state index >= 15 is 0 Å². The number of carboxylic acid groups (broad SMARTS) is 1. The summed E-state index contributed by atoms with van der Waals surface area (Å²) in [6.45, 7) is 0. The average molecular weight is 180 g/mol. The van der Waals surface area contributed by atoms with Crippen LogP contribution in [0.4, 0.5) is 0 Å². The summed E-state index contributed by atoms with van der Waals surface area (Å²) in [5, 5.41) is 25.9. The molecule has 0 spiro atoms. The number of aromatic carboxylic acids is 1. The van der Waals surface area contributed by atoms with E-state index in [0.717, 1.165) is 0 Å². The standard InChI is InChI=1S/C8H9BO4/c10-8(11)7-3-1-2-6(4-7)5-9(12)13/h1-4,12-13H,5H2,(H,10,11). The highest BCUT2D eigenvalue weighted by atomic mass is 16.4. The molecule has 0 aromatic heterocycles. The molecule has 0 unspecified atom stereocenters. The molecule has 0 amide bonds. The first-order valence-corrected chi connectivity index (χ1v) is 3.78. The van der Waals surface area contributed by atoms with E-state index in [9.17, 15) is 4.79 Å². The predicted molar refractivity (Wildman–Crippen MR) is 47.3 cm³/mol. The fraction of sp³-hybridized carbons (Fsp3) is 0.125. The minimum Gasteiger partial charge on any atom is -0.478 e. The second-order valence-electron chi connectivity index (χ2n) is 2.69. The highest BCUT2D eigenvalue weighted by Gasteiger charge is 2.09. The van der Waals surface area contributed by atoms with Crippen molar-refractivity contribution in [3.8, 4) is 0 Å². The highest BCUT2D eigenvalue weighted by molar-refractivity contribution is 6.40. The van der Waals surface area contributed by atoms with Gasteiger partial charge in [0.15, 0.2) is 0 Å². The second-order valence-corrected chi connectivity index (χ2v) is 2.69. The largest absolute Gasteiger partial charge is 0.478 e. The van der Waals surface area contributed by atoms with Gasteiger partial charge in [0.05, 0.1) is 5.56 Å². The van der Waals surface area contributed by atoms with Gasteiger partial charge in [-0.15, -0.1) is 0 Å². The highest BCUT2D eigenvalue weighted by Crippen LogP contribution is 2.06. The van der Waals surface area contributed by atoms with Gasteiger partial charge in [-0.1, -0.05) is 12.1 Å². The van der Waals surface area contributed by atoms with Crippen molar-refractivity contribution in [3.63, 3.8) is 0 Å². The maximum Gasteiger partial charge on any atom is 0.456 e. The first-order valence-electron chi connectivity index (χ1n) is 3.78. The van der Waals surface area contributed by atoms with Gasteiger partial charge >= 0.3 is 13.1 Å². The van der Waals surface area contributed by atoms with E-state index in [1.165, 1.54) is 12.1 Å². The molecule has 0 saturated carbocycles. The molecule has 0 radical (unpaired) electrons. The smallest absolute Gasteiger partial charge is 0.456 e. The monoisotopic (exact) mass is 180 g/mol. The molecule has 5 heteroatoms. The van der Waals surface area contributed by atoms with Crippen LogP contribution in [0.25, 0.3) is 0 Å². The van der Waals surface area contributed by atoms with E-state index in [2.05, 4.69) is 0 Å². The zero-order chi connectivity index (χ0) is 9.84. The number of hydrogen-bond acceptors (Lipinski definition) is 3. The number of benzene rings is 1. The minimum atomic E-state index is -1.44. The van der Waals surface area contributed by atoms with Gasteiger partial charge in [0.1, 0.15) is 0 Å². The van der Waals surface area contributed by atoms with Crippen LogP contribution in [0.2, 0.25) is 0 Å². The summed E-state index contributed by atoms with van der Waals surface area (Å²) in [4.78, 5) is 10.5. The number of hydrogen-bond donors (Lipinski definition) is 3. The maximum atomic E-state index is 10.5. The molecule has 4 nitrogen and oxygen atoms in total. The third-order valence-electron chi connectivity index (χ3n) is 1.59. The van der Waals surface area contributed by atoms with Gasteiger partial charge in [-0.2, -0.15) is 0 Å². The normalized spacial score (nSPS) is 9.69. The lowest BCUT2D eigenvalue weighted by molar-refractivity contribution is 0.0696. The first-order chi connectivity index (χ1) is 6.09. The Morgan fingerprint density at radius 3 is 2.62 bits per heavy atom. The fourth-order valence-corrected chi connectivity index (χ4v) is 1.04. The van der Waals surface area contributed by atoms with Gasteiger partial charge in [-0.05, 0) is 17.7 Å². The third kappa shape index (κ3) is 2.89. The van der Waals surface area contributed by atoms with E-state index in [-0.39, 0.29) is 11.9 Å². The Balaban J connectivity index is 2.85. The molecule has 0 bridgehead atoms. The van der Waals surface area contributed by atoms with E-state index in [1.807, 2.05) is 0 Å². The summed E-state index contributed by atoms with van der Waals surface area (Å²) < 4.78 is 0. The van der Waals surface area contributed by atoms with Crippen LogP contribution in [0.5, 0.6) is 0 Å². The van der Waals surface area contributed by atoms with Crippen molar-refractivity contribution in [2.75, 3.05) is 0 Å². The molecule has 13 heavy (non-hydrogen) atoms. The lowest BCUT2D eigenvalue weighted by atomic mass is 9.82. The van der Waals surface area contributed by atoms with Gasteiger partial charge in [0.2, 0.25) is 0 Å². The third-order valence-corrected chi connectivity index (χ3v) is 1.59. The SMILES string of the molecule is O=C(O)c1cccc(CB(O)O)c1. The minimum absolute atomic E-state index is 0.0428. The molecule has 0 aliphatic heterocycles. The lowest BCUT2D eigenvalue weighted by Crippen LogP contribution is -2.15. The average Bonchev–Trinajstić information content (AvgIpc) is 2.03. The Hall–Kier alpha value is -1.33. The molecule has 1 aromatic rings. The summed E-state index contributed by atoms with van der Waals surface area (Å²) in [5.41, 5.74) is 0.744. The van der Waals surface area contributed by atoms with Gasteiger partial charge < -0.3 is 15.2 Å². The van der Waals surface area contributed by atoms with Crippen molar-refractivity contribution < 1.29 is 19.9 Å². The topological polar surface area (TPSA) is 77.8 Å². The zero-order valence-corrected chi connectivity index (χ0v) is 6.84. The van der Waals surface area contributed by atoms with Crippen LogP contribution >= 0.6 is 0 Å². The molecule has 0 atom stereocenters. The van der Waals surface area contributed by atoms with Gasteiger partial charge in [0.25, 0.3) is 0 Å². The molecule has 0 aliphatic carbocycles. The molecule has 1 aromatic carbocycles. The Labute approximate surface area is 75.6 Å².